The van der Waals surface area contributed by atoms with E-state index in [4.69, 9.17) is 5.11 Å². The minimum absolute atomic E-state index is 0.139. The van der Waals surface area contributed by atoms with Gasteiger partial charge in [-0.15, -0.1) is 5.10 Å². The summed E-state index contributed by atoms with van der Waals surface area (Å²) in [4.78, 5) is 22.0. The lowest BCUT2D eigenvalue weighted by Crippen LogP contribution is -2.26. The SMILES string of the molecule is O=C(O)CC1SC(=NN=Cc2c(F)ccc(C(F)(F)F)c2F)NC1=O. The Kier molecular flexibility index (Phi) is 5.40. The van der Waals surface area contributed by atoms with Gasteiger partial charge in [0, 0.05) is 0 Å². The highest BCUT2D eigenvalue weighted by atomic mass is 32.2. The fraction of sp³-hybridized carbons (Fsp3) is 0.231. The van der Waals surface area contributed by atoms with Crippen LogP contribution in [-0.2, 0) is 15.8 Å². The molecule has 1 saturated heterocycles. The number of nitrogens with zero attached hydrogens (tertiary/aromatic N) is 2. The Balaban J connectivity index is 2.20. The van der Waals surface area contributed by atoms with Gasteiger partial charge in [-0.3, -0.25) is 9.59 Å². The van der Waals surface area contributed by atoms with E-state index in [0.29, 0.717) is 12.3 Å². The van der Waals surface area contributed by atoms with Crippen LogP contribution in [0.3, 0.4) is 0 Å². The molecule has 0 bridgehead atoms. The normalized spacial score (nSPS) is 19.6. The van der Waals surface area contributed by atoms with Crippen molar-refractivity contribution < 1.29 is 36.6 Å². The van der Waals surface area contributed by atoms with Crippen molar-refractivity contribution in [3.8, 4) is 0 Å². The largest absolute Gasteiger partial charge is 0.481 e. The van der Waals surface area contributed by atoms with Gasteiger partial charge >= 0.3 is 12.1 Å². The Morgan fingerprint density at radius 3 is 2.64 bits per heavy atom. The average Bonchev–Trinajstić information content (AvgIpc) is 2.80. The Labute approximate surface area is 140 Å². The van der Waals surface area contributed by atoms with E-state index in [9.17, 15) is 31.5 Å². The van der Waals surface area contributed by atoms with Gasteiger partial charge in [0.1, 0.15) is 16.9 Å². The van der Waals surface area contributed by atoms with Crippen molar-refractivity contribution in [3.05, 3.63) is 34.9 Å². The first kappa shape index (κ1) is 18.8. The summed E-state index contributed by atoms with van der Waals surface area (Å²) in [6, 6.07) is 0.701. The number of hydrogen-bond donors (Lipinski definition) is 2. The summed E-state index contributed by atoms with van der Waals surface area (Å²) in [6.07, 6.45) is -5.05. The lowest BCUT2D eigenvalue weighted by atomic mass is 10.1. The maximum absolute atomic E-state index is 13.8. The van der Waals surface area contributed by atoms with Gasteiger partial charge in [0.25, 0.3) is 0 Å². The number of hydrogen-bond acceptors (Lipinski definition) is 5. The summed E-state index contributed by atoms with van der Waals surface area (Å²) in [7, 11) is 0. The third-order valence-corrected chi connectivity index (χ3v) is 3.98. The molecular weight excluding hydrogens is 373 g/mol. The first-order chi connectivity index (χ1) is 11.6. The van der Waals surface area contributed by atoms with Gasteiger partial charge in [0.05, 0.1) is 23.8 Å². The smallest absolute Gasteiger partial charge is 0.419 e. The summed E-state index contributed by atoms with van der Waals surface area (Å²) < 4.78 is 65.0. The van der Waals surface area contributed by atoms with E-state index in [-0.39, 0.29) is 11.2 Å². The van der Waals surface area contributed by atoms with Crippen LogP contribution in [0, 0.1) is 11.6 Å². The van der Waals surface area contributed by atoms with Gasteiger partial charge in [-0.2, -0.15) is 18.3 Å². The fourth-order valence-corrected chi connectivity index (χ4v) is 2.71. The molecule has 0 spiro atoms. The number of thioether (sulfide) groups is 1. The van der Waals surface area contributed by atoms with Gasteiger partial charge < -0.3 is 10.4 Å². The van der Waals surface area contributed by atoms with Crippen LogP contribution in [0.25, 0.3) is 0 Å². The number of nitrogens with one attached hydrogen (secondary N) is 1. The Morgan fingerprint density at radius 1 is 1.36 bits per heavy atom. The predicted octanol–water partition coefficient (Wildman–Crippen LogP) is 2.38. The van der Waals surface area contributed by atoms with E-state index < -0.39 is 52.5 Å². The van der Waals surface area contributed by atoms with E-state index in [1.807, 2.05) is 0 Å². The maximum Gasteiger partial charge on any atom is 0.419 e. The molecule has 1 atom stereocenters. The zero-order valence-electron chi connectivity index (χ0n) is 12.0. The van der Waals surface area contributed by atoms with Crippen molar-refractivity contribution >= 4 is 35.0 Å². The van der Waals surface area contributed by atoms with Crippen LogP contribution in [-0.4, -0.2) is 33.6 Å². The van der Waals surface area contributed by atoms with Crippen LogP contribution in [0.1, 0.15) is 17.5 Å². The van der Waals surface area contributed by atoms with E-state index in [1.54, 1.807) is 0 Å². The molecule has 2 N–H and O–H groups in total. The van der Waals surface area contributed by atoms with E-state index in [2.05, 4.69) is 15.5 Å². The molecule has 25 heavy (non-hydrogen) atoms. The van der Waals surface area contributed by atoms with Gasteiger partial charge in [-0.05, 0) is 12.1 Å². The standard InChI is InChI=1S/C13H8F5N3O3S/c14-7-2-1-6(13(16,17)18)10(15)5(7)4-19-21-12-20-11(24)8(25-12)3-9(22)23/h1-2,4,8H,3H2,(H,22,23)(H,20,21,24). The highest BCUT2D eigenvalue weighted by Gasteiger charge is 2.35. The predicted molar refractivity (Wildman–Crippen MR) is 78.2 cm³/mol. The summed E-state index contributed by atoms with van der Waals surface area (Å²) in [5, 5.41) is 16.4. The van der Waals surface area contributed by atoms with Gasteiger partial charge in [-0.1, -0.05) is 11.8 Å². The topological polar surface area (TPSA) is 91.1 Å². The molecule has 1 heterocycles. The first-order valence-electron chi connectivity index (χ1n) is 6.45. The number of aliphatic carboxylic acids is 1. The Morgan fingerprint density at radius 2 is 2.04 bits per heavy atom. The molecule has 1 aromatic rings. The Hall–Kier alpha value is -2.50. The number of carboxylic acids is 1. The number of carbonyl (C=O) groups is 2. The quantitative estimate of drug-likeness (QED) is 0.476. The first-order valence-corrected chi connectivity index (χ1v) is 7.33. The van der Waals surface area contributed by atoms with Gasteiger partial charge in [-0.25, -0.2) is 8.78 Å². The van der Waals surface area contributed by atoms with Crippen LogP contribution >= 0.6 is 11.8 Å². The van der Waals surface area contributed by atoms with Crippen molar-refractivity contribution in [2.75, 3.05) is 0 Å². The molecule has 0 aliphatic carbocycles. The number of benzene rings is 1. The zero-order valence-corrected chi connectivity index (χ0v) is 12.8. The lowest BCUT2D eigenvalue weighted by Gasteiger charge is -2.09. The second-order valence-electron chi connectivity index (χ2n) is 4.66. The van der Waals surface area contributed by atoms with Crippen LogP contribution in [0.4, 0.5) is 22.0 Å². The number of rotatable bonds is 4. The number of carboxylic acid groups (broad SMARTS) is 1. The summed E-state index contributed by atoms with van der Waals surface area (Å²) in [5.74, 6) is -4.98. The molecule has 0 saturated carbocycles. The highest BCUT2D eigenvalue weighted by Crippen LogP contribution is 2.32. The molecule has 1 fully saturated rings. The second-order valence-corrected chi connectivity index (χ2v) is 5.86. The molecule has 6 nitrogen and oxygen atoms in total. The zero-order chi connectivity index (χ0) is 18.8. The van der Waals surface area contributed by atoms with Crippen molar-refractivity contribution in [2.24, 2.45) is 10.2 Å². The van der Waals surface area contributed by atoms with Crippen LogP contribution in [0.5, 0.6) is 0 Å². The van der Waals surface area contributed by atoms with E-state index >= 15 is 0 Å². The number of amidine groups is 1. The van der Waals surface area contributed by atoms with E-state index in [1.165, 1.54) is 0 Å². The van der Waals surface area contributed by atoms with Crippen molar-refractivity contribution in [1.29, 1.82) is 0 Å². The van der Waals surface area contributed by atoms with Crippen molar-refractivity contribution in [2.45, 2.75) is 17.8 Å². The molecule has 1 aromatic carbocycles. The molecular formula is C13H8F5N3O3S. The molecule has 1 unspecified atom stereocenters. The number of alkyl halides is 3. The van der Waals surface area contributed by atoms with E-state index in [0.717, 1.165) is 11.8 Å². The summed E-state index contributed by atoms with van der Waals surface area (Å²) in [6.45, 7) is 0. The average molecular weight is 381 g/mol. The highest BCUT2D eigenvalue weighted by molar-refractivity contribution is 8.15. The molecule has 1 amide bonds. The van der Waals surface area contributed by atoms with Crippen LogP contribution in [0.2, 0.25) is 0 Å². The van der Waals surface area contributed by atoms with Crippen LogP contribution in [0.15, 0.2) is 22.3 Å². The number of halogens is 5. The third kappa shape index (κ3) is 4.53. The van der Waals surface area contributed by atoms with Crippen molar-refractivity contribution in [3.63, 3.8) is 0 Å². The molecule has 134 valence electrons. The summed E-state index contributed by atoms with van der Waals surface area (Å²) >= 11 is 0.725. The molecule has 0 radical (unpaired) electrons. The molecule has 1 aliphatic rings. The summed E-state index contributed by atoms with van der Waals surface area (Å²) in [5.41, 5.74) is -2.70. The molecule has 0 aromatic heterocycles. The third-order valence-electron chi connectivity index (χ3n) is 2.90. The molecule has 12 heteroatoms. The number of carbonyl (C=O) groups excluding carboxylic acids is 1. The van der Waals surface area contributed by atoms with Crippen molar-refractivity contribution in [1.82, 2.24) is 5.32 Å². The van der Waals surface area contributed by atoms with Crippen LogP contribution < -0.4 is 5.32 Å². The van der Waals surface area contributed by atoms with Gasteiger partial charge in [0.2, 0.25) is 5.91 Å². The second kappa shape index (κ2) is 7.17. The minimum atomic E-state index is -5.01. The molecule has 2 rings (SSSR count). The fourth-order valence-electron chi connectivity index (χ4n) is 1.79. The van der Waals surface area contributed by atoms with Gasteiger partial charge in [0.15, 0.2) is 5.17 Å². The maximum atomic E-state index is 13.8. The number of amides is 1. The minimum Gasteiger partial charge on any atom is -0.481 e. The Bertz CT molecular complexity index is 779. The monoisotopic (exact) mass is 381 g/mol. The molecule has 1 aliphatic heterocycles. The lowest BCUT2D eigenvalue weighted by molar-refractivity contribution is -0.140.